The Morgan fingerprint density at radius 2 is 1.67 bits per heavy atom. The molecule has 10 heteroatoms. The number of amides is 3. The van der Waals surface area contributed by atoms with Gasteiger partial charge in [0.15, 0.2) is 0 Å². The van der Waals surface area contributed by atoms with Gasteiger partial charge in [0.1, 0.15) is 18.6 Å². The van der Waals surface area contributed by atoms with Crippen LogP contribution in [0, 0.1) is 11.3 Å². The molecule has 0 aliphatic heterocycles. The van der Waals surface area contributed by atoms with Crippen LogP contribution in [0.15, 0.2) is 30.3 Å². The van der Waals surface area contributed by atoms with E-state index in [2.05, 4.69) is 16.0 Å². The highest BCUT2D eigenvalue weighted by Crippen LogP contribution is 2.45. The van der Waals surface area contributed by atoms with E-state index in [9.17, 15) is 24.0 Å². The van der Waals surface area contributed by atoms with Gasteiger partial charge in [-0.3, -0.25) is 24.0 Å². The van der Waals surface area contributed by atoms with Crippen LogP contribution < -0.4 is 16.0 Å². The van der Waals surface area contributed by atoms with E-state index in [0.29, 0.717) is 6.42 Å². The van der Waals surface area contributed by atoms with Crippen molar-refractivity contribution in [3.8, 4) is 0 Å². The summed E-state index contributed by atoms with van der Waals surface area (Å²) in [4.78, 5) is 63.6. The molecule has 0 aromatic heterocycles. The van der Waals surface area contributed by atoms with Gasteiger partial charge in [0.05, 0.1) is 19.8 Å². The number of carbonyl (C=O) groups is 5. The van der Waals surface area contributed by atoms with Gasteiger partial charge in [0, 0.05) is 5.41 Å². The summed E-state index contributed by atoms with van der Waals surface area (Å²) in [5.41, 5.74) is 0.397. The molecule has 1 aromatic rings. The molecule has 214 valence electrons. The third-order valence-electron chi connectivity index (χ3n) is 7.42. The number of hydrogen-bond donors (Lipinski definition) is 3. The lowest BCUT2D eigenvalue weighted by Crippen LogP contribution is -2.56. The number of benzene rings is 1. The molecule has 0 bridgehead atoms. The molecule has 2 atom stereocenters. The third kappa shape index (κ3) is 9.76. The van der Waals surface area contributed by atoms with Gasteiger partial charge in [0.25, 0.3) is 5.91 Å². The SMILES string of the molecule is CCOC(=O)CNC(=O)C(=O)[C@H](COCc1ccccc1)NC(=O)[C@@H](CC1CCCCC1)NC(=O)C1(C)CC1. The monoisotopic (exact) mass is 543 g/mol. The van der Waals surface area contributed by atoms with Gasteiger partial charge in [-0.15, -0.1) is 0 Å². The lowest BCUT2D eigenvalue weighted by atomic mass is 9.84. The van der Waals surface area contributed by atoms with E-state index in [1.54, 1.807) is 6.92 Å². The summed E-state index contributed by atoms with van der Waals surface area (Å²) < 4.78 is 10.5. The maximum absolute atomic E-state index is 13.5. The molecule has 0 saturated heterocycles. The van der Waals surface area contributed by atoms with Crippen molar-refractivity contribution in [3.63, 3.8) is 0 Å². The first-order valence-corrected chi connectivity index (χ1v) is 13.9. The van der Waals surface area contributed by atoms with Crippen LogP contribution >= 0.6 is 0 Å². The van der Waals surface area contributed by atoms with Gasteiger partial charge < -0.3 is 25.4 Å². The lowest BCUT2D eigenvalue weighted by Gasteiger charge is -2.28. The second-order valence-corrected chi connectivity index (χ2v) is 10.7. The molecule has 2 aliphatic rings. The summed E-state index contributed by atoms with van der Waals surface area (Å²) >= 11 is 0. The number of ether oxygens (including phenoxy) is 2. The van der Waals surface area contributed by atoms with Gasteiger partial charge in [-0.25, -0.2) is 0 Å². The molecule has 2 saturated carbocycles. The molecular weight excluding hydrogens is 502 g/mol. The lowest BCUT2D eigenvalue weighted by molar-refractivity contribution is -0.146. The zero-order chi connectivity index (χ0) is 28.3. The van der Waals surface area contributed by atoms with Gasteiger partial charge >= 0.3 is 5.97 Å². The maximum Gasteiger partial charge on any atom is 0.325 e. The highest BCUT2D eigenvalue weighted by Gasteiger charge is 2.46. The Morgan fingerprint density at radius 1 is 0.974 bits per heavy atom. The molecule has 2 fully saturated rings. The second-order valence-electron chi connectivity index (χ2n) is 10.7. The molecule has 3 N–H and O–H groups in total. The zero-order valence-electron chi connectivity index (χ0n) is 23.0. The van der Waals surface area contributed by atoms with Crippen LogP contribution in [0.3, 0.4) is 0 Å². The van der Waals surface area contributed by atoms with Crippen molar-refractivity contribution in [3.05, 3.63) is 35.9 Å². The maximum atomic E-state index is 13.5. The molecule has 3 amide bonds. The van der Waals surface area contributed by atoms with E-state index in [-0.39, 0.29) is 31.6 Å². The van der Waals surface area contributed by atoms with E-state index >= 15 is 0 Å². The first-order valence-electron chi connectivity index (χ1n) is 13.9. The second kappa shape index (κ2) is 14.8. The number of esters is 1. The quantitative estimate of drug-likeness (QED) is 0.228. The Kier molecular flexibility index (Phi) is 11.5. The van der Waals surface area contributed by atoms with Gasteiger partial charge in [-0.2, -0.15) is 0 Å². The third-order valence-corrected chi connectivity index (χ3v) is 7.42. The standard InChI is InChI=1S/C29H41N3O7/c1-3-39-24(33)17-30-27(36)25(34)23(19-38-18-21-12-8-5-9-13-21)31-26(35)22(16-20-10-6-4-7-11-20)32-28(37)29(2)14-15-29/h5,8-9,12-13,20,22-23H,3-4,6-7,10-11,14-19H2,1-2H3,(H,30,36)(H,31,35)(H,32,37)/t22-,23+/m1/s1. The van der Waals surface area contributed by atoms with E-state index in [1.165, 1.54) is 0 Å². The number of hydrogen-bond acceptors (Lipinski definition) is 7. The fourth-order valence-corrected chi connectivity index (χ4v) is 4.67. The predicted molar refractivity (Wildman–Crippen MR) is 143 cm³/mol. The minimum Gasteiger partial charge on any atom is -0.465 e. The van der Waals surface area contributed by atoms with Gasteiger partial charge in [-0.1, -0.05) is 69.4 Å². The van der Waals surface area contributed by atoms with Crippen molar-refractivity contribution in [1.29, 1.82) is 0 Å². The van der Waals surface area contributed by atoms with Crippen molar-refractivity contribution in [2.24, 2.45) is 11.3 Å². The summed E-state index contributed by atoms with van der Waals surface area (Å²) in [6.45, 7) is 3.09. The van der Waals surface area contributed by atoms with Crippen LogP contribution in [0.4, 0.5) is 0 Å². The smallest absolute Gasteiger partial charge is 0.325 e. The highest BCUT2D eigenvalue weighted by molar-refractivity contribution is 6.38. The van der Waals surface area contributed by atoms with Gasteiger partial charge in [0.2, 0.25) is 17.6 Å². The van der Waals surface area contributed by atoms with E-state index in [0.717, 1.165) is 50.5 Å². The molecule has 0 heterocycles. The van der Waals surface area contributed by atoms with Crippen molar-refractivity contribution in [2.75, 3.05) is 19.8 Å². The Labute approximate surface area is 229 Å². The molecule has 1 aromatic carbocycles. The largest absolute Gasteiger partial charge is 0.465 e. The zero-order valence-corrected chi connectivity index (χ0v) is 23.0. The highest BCUT2D eigenvalue weighted by atomic mass is 16.5. The first-order chi connectivity index (χ1) is 18.7. The van der Waals surface area contributed by atoms with E-state index < -0.39 is 47.6 Å². The average molecular weight is 544 g/mol. The fraction of sp³-hybridized carbons (Fsp3) is 0.621. The fourth-order valence-electron chi connectivity index (χ4n) is 4.67. The van der Waals surface area contributed by atoms with Crippen LogP contribution in [-0.2, 0) is 40.1 Å². The number of nitrogens with one attached hydrogen (secondary N) is 3. The molecule has 3 rings (SSSR count). The minimum atomic E-state index is -1.30. The predicted octanol–water partition coefficient (Wildman–Crippen LogP) is 2.19. The Morgan fingerprint density at radius 3 is 2.31 bits per heavy atom. The van der Waals surface area contributed by atoms with Crippen molar-refractivity contribution in [1.82, 2.24) is 16.0 Å². The number of rotatable bonds is 15. The van der Waals surface area contributed by atoms with Crippen LogP contribution in [0.25, 0.3) is 0 Å². The van der Waals surface area contributed by atoms with Crippen LogP contribution in [0.5, 0.6) is 0 Å². The number of carbonyl (C=O) groups excluding carboxylic acids is 5. The molecule has 0 spiro atoms. The number of Topliss-reactive ketones (excluding diaryl/α,β-unsaturated/α-hetero) is 1. The van der Waals surface area contributed by atoms with E-state index in [1.807, 2.05) is 37.3 Å². The summed E-state index contributed by atoms with van der Waals surface area (Å²) in [5.74, 6) is -3.07. The molecule has 10 nitrogen and oxygen atoms in total. The molecule has 39 heavy (non-hydrogen) atoms. The first kappa shape index (κ1) is 30.3. The topological polar surface area (TPSA) is 140 Å². The Balaban J connectivity index is 1.69. The van der Waals surface area contributed by atoms with Crippen LogP contribution in [0.1, 0.15) is 70.8 Å². The normalized spacial score (nSPS) is 17.8. The summed E-state index contributed by atoms with van der Waals surface area (Å²) in [6, 6.07) is 7.16. The molecule has 0 radical (unpaired) electrons. The minimum absolute atomic E-state index is 0.141. The summed E-state index contributed by atoms with van der Waals surface area (Å²) in [7, 11) is 0. The van der Waals surface area contributed by atoms with Crippen LogP contribution in [0.2, 0.25) is 0 Å². The number of ketones is 1. The Bertz CT molecular complexity index is 1000. The van der Waals surface area contributed by atoms with Crippen molar-refractivity contribution in [2.45, 2.75) is 83.9 Å². The molecule has 0 unspecified atom stereocenters. The summed E-state index contributed by atoms with van der Waals surface area (Å²) in [5, 5.41) is 7.81. The van der Waals surface area contributed by atoms with Crippen molar-refractivity contribution < 1.29 is 33.4 Å². The van der Waals surface area contributed by atoms with Crippen LogP contribution in [-0.4, -0.2) is 61.3 Å². The average Bonchev–Trinajstić information content (AvgIpc) is 3.70. The molecule has 2 aliphatic carbocycles. The van der Waals surface area contributed by atoms with Gasteiger partial charge in [-0.05, 0) is 37.7 Å². The molecular formula is C29H41N3O7. The Hall–Kier alpha value is -3.27. The van der Waals surface area contributed by atoms with E-state index in [4.69, 9.17) is 9.47 Å². The van der Waals surface area contributed by atoms with Crippen molar-refractivity contribution >= 4 is 29.5 Å². The summed E-state index contributed by atoms with van der Waals surface area (Å²) in [6.07, 6.45) is 7.30.